The summed E-state index contributed by atoms with van der Waals surface area (Å²) in [4.78, 5) is 16.4. The fraction of sp³-hybridized carbons (Fsp3) is 0.200. The van der Waals surface area contributed by atoms with Crippen molar-refractivity contribution in [3.63, 3.8) is 0 Å². The molecule has 7 heteroatoms. The van der Waals surface area contributed by atoms with Gasteiger partial charge in [0.05, 0.1) is 6.20 Å². The molecule has 1 aliphatic heterocycles. The van der Waals surface area contributed by atoms with Crippen LogP contribution in [0.4, 0.5) is 5.69 Å². The van der Waals surface area contributed by atoms with Crippen LogP contribution < -0.4 is 14.8 Å². The molecule has 1 amide bonds. The van der Waals surface area contributed by atoms with Crippen LogP contribution >= 0.6 is 11.6 Å². The molecule has 4 rings (SSSR count). The van der Waals surface area contributed by atoms with E-state index in [0.29, 0.717) is 53.5 Å². The monoisotopic (exact) mass is 384 g/mol. The van der Waals surface area contributed by atoms with E-state index >= 15 is 0 Å². The van der Waals surface area contributed by atoms with Crippen molar-refractivity contribution in [2.24, 2.45) is 0 Å². The number of rotatable bonds is 5. The summed E-state index contributed by atoms with van der Waals surface area (Å²) in [6, 6.07) is 12.6. The predicted molar refractivity (Wildman–Crippen MR) is 101 cm³/mol. The van der Waals surface area contributed by atoms with Crippen molar-refractivity contribution in [2.45, 2.75) is 12.8 Å². The van der Waals surface area contributed by atoms with Gasteiger partial charge in [-0.3, -0.25) is 4.79 Å². The third-order valence-corrected chi connectivity index (χ3v) is 4.33. The van der Waals surface area contributed by atoms with Gasteiger partial charge in [-0.25, -0.2) is 4.98 Å². The van der Waals surface area contributed by atoms with E-state index in [1.807, 2.05) is 12.1 Å². The van der Waals surface area contributed by atoms with Crippen molar-refractivity contribution in [3.05, 3.63) is 59.6 Å². The lowest BCUT2D eigenvalue weighted by Gasteiger charge is -2.18. The number of hydrogen-bond donors (Lipinski definition) is 1. The van der Waals surface area contributed by atoms with Gasteiger partial charge in [0.1, 0.15) is 13.2 Å². The smallest absolute Gasteiger partial charge is 0.224 e. The summed E-state index contributed by atoms with van der Waals surface area (Å²) in [6.07, 6.45) is 2.32. The van der Waals surface area contributed by atoms with Crippen molar-refractivity contribution in [2.75, 3.05) is 18.5 Å². The average molecular weight is 385 g/mol. The number of nitrogens with one attached hydrogen (secondary N) is 1. The lowest BCUT2D eigenvalue weighted by atomic mass is 10.2. The largest absolute Gasteiger partial charge is 0.486 e. The zero-order chi connectivity index (χ0) is 18.6. The minimum Gasteiger partial charge on any atom is -0.486 e. The van der Waals surface area contributed by atoms with Crippen molar-refractivity contribution in [1.29, 1.82) is 0 Å². The number of halogens is 1. The molecule has 0 atom stereocenters. The number of nitrogens with zero attached hydrogens (tertiary/aromatic N) is 1. The second kappa shape index (κ2) is 7.72. The zero-order valence-corrected chi connectivity index (χ0v) is 15.2. The Morgan fingerprint density at radius 2 is 1.85 bits per heavy atom. The number of hydrogen-bond acceptors (Lipinski definition) is 5. The van der Waals surface area contributed by atoms with E-state index in [1.165, 1.54) is 0 Å². The van der Waals surface area contributed by atoms with Gasteiger partial charge < -0.3 is 19.2 Å². The molecule has 0 bridgehead atoms. The molecule has 0 saturated heterocycles. The number of benzene rings is 2. The summed E-state index contributed by atoms with van der Waals surface area (Å²) in [5, 5.41) is 3.51. The van der Waals surface area contributed by atoms with Crippen LogP contribution in [0.3, 0.4) is 0 Å². The second-order valence-corrected chi connectivity index (χ2v) is 6.47. The number of carbonyl (C=O) groups is 1. The molecule has 2 aromatic carbocycles. The Hall–Kier alpha value is -2.99. The molecule has 0 saturated carbocycles. The lowest BCUT2D eigenvalue weighted by Crippen LogP contribution is -2.16. The number of amides is 1. The normalized spacial score (nSPS) is 12.6. The van der Waals surface area contributed by atoms with Crippen LogP contribution in [0, 0.1) is 0 Å². The van der Waals surface area contributed by atoms with Gasteiger partial charge in [-0.15, -0.1) is 0 Å². The maximum atomic E-state index is 12.2. The lowest BCUT2D eigenvalue weighted by molar-refractivity contribution is -0.116. The van der Waals surface area contributed by atoms with E-state index in [0.717, 1.165) is 5.56 Å². The van der Waals surface area contributed by atoms with Gasteiger partial charge in [0.15, 0.2) is 23.1 Å². The molecule has 0 radical (unpaired) electrons. The van der Waals surface area contributed by atoms with Crippen LogP contribution in [0.15, 0.2) is 53.1 Å². The van der Waals surface area contributed by atoms with Gasteiger partial charge in [-0.1, -0.05) is 11.6 Å². The van der Waals surface area contributed by atoms with Crippen LogP contribution in [-0.2, 0) is 11.2 Å². The van der Waals surface area contributed by atoms with Crippen molar-refractivity contribution in [1.82, 2.24) is 4.98 Å². The molecule has 27 heavy (non-hydrogen) atoms. The Balaban J connectivity index is 1.34. The van der Waals surface area contributed by atoms with E-state index in [-0.39, 0.29) is 12.3 Å². The maximum Gasteiger partial charge on any atom is 0.224 e. The Morgan fingerprint density at radius 1 is 1.07 bits per heavy atom. The predicted octanol–water partition coefficient (Wildman–Crippen LogP) is 4.34. The number of carbonyl (C=O) groups excluding carboxylic acids is 1. The highest BCUT2D eigenvalue weighted by molar-refractivity contribution is 6.30. The quantitative estimate of drug-likeness (QED) is 0.708. The van der Waals surface area contributed by atoms with Crippen LogP contribution in [0.2, 0.25) is 5.02 Å². The van der Waals surface area contributed by atoms with E-state index in [1.54, 1.807) is 36.5 Å². The molecule has 0 unspecified atom stereocenters. The average Bonchev–Trinajstić information content (AvgIpc) is 3.16. The number of aryl methyl sites for hydroxylation is 1. The fourth-order valence-electron chi connectivity index (χ4n) is 2.74. The molecule has 6 nitrogen and oxygen atoms in total. The molecular formula is C20H17ClN2O4. The summed E-state index contributed by atoms with van der Waals surface area (Å²) in [5.74, 6) is 2.36. The van der Waals surface area contributed by atoms with Gasteiger partial charge >= 0.3 is 0 Å². The van der Waals surface area contributed by atoms with E-state index < -0.39 is 0 Å². The molecule has 0 fully saturated rings. The summed E-state index contributed by atoms with van der Waals surface area (Å²) in [6.45, 7) is 1.04. The Morgan fingerprint density at radius 3 is 2.67 bits per heavy atom. The molecule has 138 valence electrons. The summed E-state index contributed by atoms with van der Waals surface area (Å²) in [5.41, 5.74) is 1.55. The minimum absolute atomic E-state index is 0.127. The number of aromatic nitrogens is 1. The highest BCUT2D eigenvalue weighted by Gasteiger charge is 2.13. The summed E-state index contributed by atoms with van der Waals surface area (Å²) < 4.78 is 16.7. The van der Waals surface area contributed by atoms with Crippen molar-refractivity contribution >= 4 is 23.2 Å². The third kappa shape index (κ3) is 4.23. The molecule has 0 aliphatic carbocycles. The molecule has 1 aromatic heterocycles. The number of ether oxygens (including phenoxy) is 2. The first-order chi connectivity index (χ1) is 13.2. The van der Waals surface area contributed by atoms with Crippen molar-refractivity contribution in [3.8, 4) is 22.8 Å². The van der Waals surface area contributed by atoms with Gasteiger partial charge in [0.25, 0.3) is 0 Å². The topological polar surface area (TPSA) is 73.6 Å². The molecular weight excluding hydrogens is 368 g/mol. The van der Waals surface area contributed by atoms with E-state index in [2.05, 4.69) is 10.3 Å². The fourth-order valence-corrected chi connectivity index (χ4v) is 2.86. The first-order valence-electron chi connectivity index (χ1n) is 8.57. The summed E-state index contributed by atoms with van der Waals surface area (Å²) >= 11 is 5.89. The highest BCUT2D eigenvalue weighted by atomic mass is 35.5. The second-order valence-electron chi connectivity index (χ2n) is 6.03. The Bertz CT molecular complexity index is 953. The molecule has 0 spiro atoms. The number of anilines is 1. The highest BCUT2D eigenvalue weighted by Crippen LogP contribution is 2.32. The van der Waals surface area contributed by atoms with Crippen LogP contribution in [0.1, 0.15) is 12.3 Å². The maximum absolute atomic E-state index is 12.2. The standard InChI is InChI=1S/C20H17ClN2O4/c21-14-3-1-13(2-4-14)18-12-22-20(27-18)8-7-19(24)23-15-5-6-16-17(11-15)26-10-9-25-16/h1-6,11-12H,7-10H2,(H,23,24). The SMILES string of the molecule is O=C(CCc1ncc(-c2ccc(Cl)cc2)o1)Nc1ccc2c(c1)OCCO2. The zero-order valence-electron chi connectivity index (χ0n) is 14.4. The molecule has 1 N–H and O–H groups in total. The third-order valence-electron chi connectivity index (χ3n) is 4.07. The first kappa shape index (κ1) is 17.4. The minimum atomic E-state index is -0.127. The van der Waals surface area contributed by atoms with Crippen LogP contribution in [-0.4, -0.2) is 24.1 Å². The number of oxazole rings is 1. The van der Waals surface area contributed by atoms with Crippen LogP contribution in [0.5, 0.6) is 11.5 Å². The first-order valence-corrected chi connectivity index (χ1v) is 8.95. The number of fused-ring (bicyclic) bond motifs is 1. The Kier molecular flexibility index (Phi) is 4.98. The molecule has 2 heterocycles. The summed E-state index contributed by atoms with van der Waals surface area (Å²) in [7, 11) is 0. The van der Waals surface area contributed by atoms with Crippen molar-refractivity contribution < 1.29 is 18.7 Å². The van der Waals surface area contributed by atoms with E-state index in [9.17, 15) is 4.79 Å². The van der Waals surface area contributed by atoms with Gasteiger partial charge in [0.2, 0.25) is 5.91 Å². The van der Waals surface area contributed by atoms with Crippen LogP contribution in [0.25, 0.3) is 11.3 Å². The van der Waals surface area contributed by atoms with Gasteiger partial charge in [0, 0.05) is 35.2 Å². The van der Waals surface area contributed by atoms with Gasteiger partial charge in [-0.2, -0.15) is 0 Å². The molecule has 3 aromatic rings. The van der Waals surface area contributed by atoms with Gasteiger partial charge in [-0.05, 0) is 36.4 Å². The van der Waals surface area contributed by atoms with E-state index in [4.69, 9.17) is 25.5 Å². The Labute approximate surface area is 161 Å². The molecule has 1 aliphatic rings.